The highest BCUT2D eigenvalue weighted by Gasteiger charge is 2.38. The summed E-state index contributed by atoms with van der Waals surface area (Å²) in [5, 5.41) is 9.85. The van der Waals surface area contributed by atoms with Gasteiger partial charge >= 0.3 is 0 Å². The summed E-state index contributed by atoms with van der Waals surface area (Å²) in [6, 6.07) is 0. The molecule has 170 valence electrons. The van der Waals surface area contributed by atoms with Crippen molar-refractivity contribution < 1.29 is 9.53 Å². The highest BCUT2D eigenvalue weighted by molar-refractivity contribution is 14.0. The molecule has 2 rings (SSSR count). The number of nitrogens with zero attached hydrogens (tertiary/aromatic N) is 2. The molecule has 0 aromatic carbocycles. The monoisotopic (exact) mass is 523 g/mol. The first kappa shape index (κ1) is 26.4. The molecule has 1 heterocycles. The Morgan fingerprint density at radius 1 is 1.03 bits per heavy atom. The number of hydrogen-bond acceptors (Lipinski definition) is 4. The van der Waals surface area contributed by atoms with E-state index < -0.39 is 5.41 Å². The van der Waals surface area contributed by atoms with E-state index in [1.807, 2.05) is 20.8 Å². The number of hydrogen-bond donors (Lipinski definition) is 3. The van der Waals surface area contributed by atoms with Gasteiger partial charge in [0.05, 0.1) is 25.2 Å². The minimum absolute atomic E-state index is 0. The van der Waals surface area contributed by atoms with E-state index in [1.165, 1.54) is 32.1 Å². The van der Waals surface area contributed by atoms with Crippen LogP contribution in [0.25, 0.3) is 0 Å². The normalized spacial score (nSPS) is 20.5. The van der Waals surface area contributed by atoms with Crippen LogP contribution in [0.3, 0.4) is 0 Å². The molecule has 1 aliphatic heterocycles. The summed E-state index contributed by atoms with van der Waals surface area (Å²) in [4.78, 5) is 19.6. The number of guanidine groups is 1. The molecule has 8 heteroatoms. The maximum absolute atomic E-state index is 12.3. The van der Waals surface area contributed by atoms with Crippen LogP contribution in [-0.4, -0.2) is 74.8 Å². The Morgan fingerprint density at radius 2 is 1.66 bits per heavy atom. The molecule has 3 N–H and O–H groups in total. The molecule has 7 nitrogen and oxygen atoms in total. The number of ether oxygens (including phenoxy) is 1. The summed E-state index contributed by atoms with van der Waals surface area (Å²) < 4.78 is 5.58. The molecule has 29 heavy (non-hydrogen) atoms. The third kappa shape index (κ3) is 7.86. The number of carbonyl (C=O) groups is 1. The van der Waals surface area contributed by atoms with E-state index >= 15 is 0 Å². The number of rotatable bonds is 8. The van der Waals surface area contributed by atoms with E-state index in [4.69, 9.17) is 9.73 Å². The third-order valence-corrected chi connectivity index (χ3v) is 5.98. The minimum Gasteiger partial charge on any atom is -0.379 e. The molecule has 1 amide bonds. The maximum Gasteiger partial charge on any atom is 0.227 e. The fourth-order valence-electron chi connectivity index (χ4n) is 4.19. The highest BCUT2D eigenvalue weighted by Crippen LogP contribution is 2.33. The summed E-state index contributed by atoms with van der Waals surface area (Å²) in [7, 11) is 0. The second-order valence-corrected chi connectivity index (χ2v) is 8.68. The van der Waals surface area contributed by atoms with Crippen molar-refractivity contribution in [1.29, 1.82) is 0 Å². The van der Waals surface area contributed by atoms with Crippen LogP contribution in [0.1, 0.15) is 59.8 Å². The molecule has 2 aliphatic rings. The van der Waals surface area contributed by atoms with Crippen LogP contribution in [0.2, 0.25) is 0 Å². The Hall–Kier alpha value is -0.610. The molecule has 0 atom stereocenters. The predicted molar refractivity (Wildman–Crippen MR) is 130 cm³/mol. The van der Waals surface area contributed by atoms with Gasteiger partial charge in [-0.2, -0.15) is 0 Å². The lowest BCUT2D eigenvalue weighted by molar-refractivity contribution is -0.128. The summed E-state index contributed by atoms with van der Waals surface area (Å²) in [6.45, 7) is 14.4. The molecule has 2 fully saturated rings. The van der Waals surface area contributed by atoms with Gasteiger partial charge in [-0.3, -0.25) is 14.7 Å². The Bertz CT molecular complexity index is 515. The van der Waals surface area contributed by atoms with Crippen molar-refractivity contribution in [1.82, 2.24) is 20.9 Å². The van der Waals surface area contributed by atoms with Crippen LogP contribution in [0.15, 0.2) is 4.99 Å². The smallest absolute Gasteiger partial charge is 0.227 e. The first-order valence-electron chi connectivity index (χ1n) is 11.1. The van der Waals surface area contributed by atoms with Gasteiger partial charge in [0.2, 0.25) is 5.91 Å². The molecule has 0 aromatic rings. The topological polar surface area (TPSA) is 78.0 Å². The van der Waals surface area contributed by atoms with Gasteiger partial charge in [-0.25, -0.2) is 0 Å². The van der Waals surface area contributed by atoms with Crippen LogP contribution < -0.4 is 16.0 Å². The maximum atomic E-state index is 12.3. The van der Waals surface area contributed by atoms with Gasteiger partial charge in [0.15, 0.2) is 5.96 Å². The molecule has 0 bridgehead atoms. The van der Waals surface area contributed by atoms with Crippen molar-refractivity contribution in [3.63, 3.8) is 0 Å². The van der Waals surface area contributed by atoms with Crippen LogP contribution >= 0.6 is 24.0 Å². The van der Waals surface area contributed by atoms with Gasteiger partial charge in [-0.1, -0.05) is 19.3 Å². The van der Waals surface area contributed by atoms with Crippen molar-refractivity contribution in [2.75, 3.05) is 52.5 Å². The lowest BCUT2D eigenvalue weighted by Crippen LogP contribution is -2.60. The van der Waals surface area contributed by atoms with E-state index in [0.29, 0.717) is 13.1 Å². The number of halogens is 1. The first-order valence-corrected chi connectivity index (χ1v) is 11.1. The third-order valence-electron chi connectivity index (χ3n) is 5.98. The van der Waals surface area contributed by atoms with E-state index in [1.54, 1.807) is 0 Å². The van der Waals surface area contributed by atoms with E-state index in [9.17, 15) is 4.79 Å². The quantitative estimate of drug-likeness (QED) is 0.259. The molecule has 1 saturated carbocycles. The molecule has 0 unspecified atom stereocenters. The molecule has 0 aromatic heterocycles. The van der Waals surface area contributed by atoms with Gasteiger partial charge < -0.3 is 20.7 Å². The predicted octanol–water partition coefficient (Wildman–Crippen LogP) is 2.36. The summed E-state index contributed by atoms with van der Waals surface area (Å²) in [6.07, 6.45) is 6.36. The molecule has 0 radical (unpaired) electrons. The second-order valence-electron chi connectivity index (χ2n) is 8.68. The van der Waals surface area contributed by atoms with Crippen LogP contribution in [0.4, 0.5) is 0 Å². The molecular formula is C21H42IN5O2. The van der Waals surface area contributed by atoms with Gasteiger partial charge in [0.1, 0.15) is 0 Å². The molecule has 1 aliphatic carbocycles. The zero-order valence-corrected chi connectivity index (χ0v) is 21.1. The van der Waals surface area contributed by atoms with E-state index in [2.05, 4.69) is 27.8 Å². The molecule has 1 saturated heterocycles. The zero-order valence-electron chi connectivity index (χ0n) is 18.8. The first-order chi connectivity index (χ1) is 13.4. The van der Waals surface area contributed by atoms with E-state index in [0.717, 1.165) is 45.4 Å². The Labute approximate surface area is 194 Å². The van der Waals surface area contributed by atoms with Crippen molar-refractivity contribution >= 4 is 35.8 Å². The standard InChI is InChI=1S/C21H41N5O2.HI/c1-5-22-18(27)20(3,4)16-24-19(23-6-2)25-17-21(10-8-7-9-11-21)26-12-14-28-15-13-26;/h5-17H2,1-4H3,(H,22,27)(H2,23,24,25);1H. The van der Waals surface area contributed by atoms with Crippen LogP contribution in [0.5, 0.6) is 0 Å². The minimum atomic E-state index is -0.523. The lowest BCUT2D eigenvalue weighted by Gasteiger charge is -2.48. The van der Waals surface area contributed by atoms with Gasteiger partial charge in [0, 0.05) is 38.3 Å². The SMILES string of the molecule is CCNC(=O)C(C)(C)CN=C(NCC)NCC1(N2CCOCC2)CCCCC1.I. The molecule has 0 spiro atoms. The highest BCUT2D eigenvalue weighted by atomic mass is 127. The Morgan fingerprint density at radius 3 is 2.24 bits per heavy atom. The van der Waals surface area contributed by atoms with Gasteiger partial charge in [-0.15, -0.1) is 24.0 Å². The van der Waals surface area contributed by atoms with Gasteiger partial charge in [-0.05, 0) is 40.5 Å². The molecular weight excluding hydrogens is 481 g/mol. The summed E-state index contributed by atoms with van der Waals surface area (Å²) in [5.41, 5.74) is -0.335. The fraction of sp³-hybridized carbons (Fsp3) is 0.905. The number of nitrogens with one attached hydrogen (secondary N) is 3. The lowest BCUT2D eigenvalue weighted by atomic mass is 9.80. The van der Waals surface area contributed by atoms with Crippen molar-refractivity contribution in [3.05, 3.63) is 0 Å². The number of aliphatic imine (C=N–C) groups is 1. The summed E-state index contributed by atoms with van der Waals surface area (Å²) in [5.74, 6) is 0.852. The Balaban J connectivity index is 0.00000420. The van der Waals surface area contributed by atoms with Crippen molar-refractivity contribution in [2.24, 2.45) is 10.4 Å². The fourth-order valence-corrected chi connectivity index (χ4v) is 4.19. The largest absolute Gasteiger partial charge is 0.379 e. The number of morpholine rings is 1. The average Bonchev–Trinajstić information content (AvgIpc) is 2.71. The Kier molecular flexibility index (Phi) is 11.8. The van der Waals surface area contributed by atoms with Crippen LogP contribution in [-0.2, 0) is 9.53 Å². The number of amides is 1. The van der Waals surface area contributed by atoms with Gasteiger partial charge in [0.25, 0.3) is 0 Å². The van der Waals surface area contributed by atoms with Crippen molar-refractivity contribution in [2.45, 2.75) is 65.3 Å². The average molecular weight is 524 g/mol. The van der Waals surface area contributed by atoms with Crippen molar-refractivity contribution in [3.8, 4) is 0 Å². The van der Waals surface area contributed by atoms with Crippen LogP contribution in [0, 0.1) is 5.41 Å². The second kappa shape index (κ2) is 12.9. The number of carbonyl (C=O) groups excluding carboxylic acids is 1. The van der Waals surface area contributed by atoms with E-state index in [-0.39, 0.29) is 35.4 Å². The zero-order chi connectivity index (χ0) is 20.5. The summed E-state index contributed by atoms with van der Waals surface area (Å²) >= 11 is 0.